The Bertz CT molecular complexity index is 443. The Morgan fingerprint density at radius 1 is 1.37 bits per heavy atom. The number of nitrogens with zero attached hydrogens (tertiary/aromatic N) is 3. The maximum atomic E-state index is 5.64. The lowest BCUT2D eigenvalue weighted by atomic mass is 10.1. The van der Waals surface area contributed by atoms with Gasteiger partial charge in [-0.15, -0.1) is 6.58 Å². The van der Waals surface area contributed by atoms with Gasteiger partial charge >= 0.3 is 0 Å². The highest BCUT2D eigenvalue weighted by Crippen LogP contribution is 2.23. The number of pyridine rings is 1. The number of hydrogen-bond acceptors (Lipinski definition) is 5. The smallest absolute Gasteiger partial charge is 0.123 e. The minimum atomic E-state index is 0.319. The quantitative estimate of drug-likeness (QED) is 0.812. The Balaban J connectivity index is 1.72. The van der Waals surface area contributed by atoms with Crippen molar-refractivity contribution >= 4 is 11.5 Å². The summed E-state index contributed by atoms with van der Waals surface area (Å²) in [6.07, 6.45) is 3.86. The fourth-order valence-corrected chi connectivity index (χ4v) is 2.69. The van der Waals surface area contributed by atoms with Gasteiger partial charge in [0, 0.05) is 19.6 Å². The van der Waals surface area contributed by atoms with Crippen molar-refractivity contribution in [2.75, 3.05) is 43.5 Å². The second kappa shape index (κ2) is 5.19. The van der Waals surface area contributed by atoms with Crippen molar-refractivity contribution in [1.29, 1.82) is 0 Å². The lowest BCUT2D eigenvalue weighted by Crippen LogP contribution is -2.60. The van der Waals surface area contributed by atoms with Crippen LogP contribution < -0.4 is 10.6 Å². The zero-order chi connectivity index (χ0) is 13.2. The van der Waals surface area contributed by atoms with Crippen molar-refractivity contribution in [3.8, 4) is 0 Å². The van der Waals surface area contributed by atoms with E-state index in [1.54, 1.807) is 0 Å². The molecular weight excluding hydrogens is 240 g/mol. The van der Waals surface area contributed by atoms with E-state index in [1.165, 1.54) is 0 Å². The van der Waals surface area contributed by atoms with Gasteiger partial charge in [-0.3, -0.25) is 4.90 Å². The Hall–Kier alpha value is -1.59. The van der Waals surface area contributed by atoms with E-state index < -0.39 is 0 Å². The third-order valence-electron chi connectivity index (χ3n) is 3.96. The minimum Gasteiger partial charge on any atom is -0.384 e. The lowest BCUT2D eigenvalue weighted by Gasteiger charge is -2.46. The number of rotatable bonds is 3. The van der Waals surface area contributed by atoms with Gasteiger partial charge in [0.15, 0.2) is 0 Å². The number of aromatic nitrogens is 1. The predicted molar refractivity (Wildman–Crippen MR) is 76.2 cm³/mol. The Labute approximate surface area is 113 Å². The number of ether oxygens (including phenoxy) is 1. The molecule has 1 aromatic heterocycles. The van der Waals surface area contributed by atoms with Crippen molar-refractivity contribution < 1.29 is 4.74 Å². The van der Waals surface area contributed by atoms with Crippen molar-refractivity contribution in [3.05, 3.63) is 31.0 Å². The van der Waals surface area contributed by atoms with Gasteiger partial charge in [0.1, 0.15) is 5.82 Å². The topological polar surface area (TPSA) is 54.6 Å². The predicted octanol–water partition coefficient (Wildman–Crippen LogP) is 0.739. The van der Waals surface area contributed by atoms with E-state index in [-0.39, 0.29) is 0 Å². The molecule has 2 aliphatic rings. The van der Waals surface area contributed by atoms with Gasteiger partial charge in [-0.2, -0.15) is 0 Å². The third kappa shape index (κ3) is 2.43. The Morgan fingerprint density at radius 3 is 2.79 bits per heavy atom. The summed E-state index contributed by atoms with van der Waals surface area (Å²) in [6.45, 7) is 8.75. The van der Waals surface area contributed by atoms with Crippen molar-refractivity contribution in [3.63, 3.8) is 0 Å². The highest BCUT2D eigenvalue weighted by Gasteiger charge is 2.32. The SMILES string of the molecule is C=C[C@H]1CN(C2COC2)CCN1c1ccc(N)nc1. The maximum absolute atomic E-state index is 5.64. The zero-order valence-electron chi connectivity index (χ0n) is 11.0. The summed E-state index contributed by atoms with van der Waals surface area (Å²) in [5.74, 6) is 0.559. The summed E-state index contributed by atoms with van der Waals surface area (Å²) >= 11 is 0. The second-order valence-corrected chi connectivity index (χ2v) is 5.12. The molecule has 0 aliphatic carbocycles. The molecule has 2 aliphatic heterocycles. The van der Waals surface area contributed by atoms with Crippen LogP contribution in [0.25, 0.3) is 0 Å². The molecule has 5 heteroatoms. The van der Waals surface area contributed by atoms with Crippen LogP contribution in [-0.4, -0.2) is 54.8 Å². The standard InChI is InChI=1S/C14H20N4O/c1-2-11-8-17(13-9-19-10-13)5-6-18(11)12-3-4-14(15)16-7-12/h2-4,7,11,13H,1,5-6,8-10H2,(H2,15,16)/t11-/m0/s1. The molecule has 5 nitrogen and oxygen atoms in total. The molecule has 19 heavy (non-hydrogen) atoms. The van der Waals surface area contributed by atoms with Crippen LogP contribution >= 0.6 is 0 Å². The molecule has 2 N–H and O–H groups in total. The average molecular weight is 260 g/mol. The highest BCUT2D eigenvalue weighted by atomic mass is 16.5. The minimum absolute atomic E-state index is 0.319. The van der Waals surface area contributed by atoms with Crippen LogP contribution in [0, 0.1) is 0 Å². The lowest BCUT2D eigenvalue weighted by molar-refractivity contribution is -0.0682. The van der Waals surface area contributed by atoms with Gasteiger partial charge in [0.05, 0.1) is 37.2 Å². The summed E-state index contributed by atoms with van der Waals surface area (Å²) < 4.78 is 5.28. The summed E-state index contributed by atoms with van der Waals surface area (Å²) in [7, 11) is 0. The first kappa shape index (κ1) is 12.4. The molecule has 3 rings (SSSR count). The fourth-order valence-electron chi connectivity index (χ4n) is 2.69. The molecule has 0 saturated carbocycles. The van der Waals surface area contributed by atoms with Gasteiger partial charge in [-0.1, -0.05) is 6.08 Å². The first-order valence-electron chi connectivity index (χ1n) is 6.70. The van der Waals surface area contributed by atoms with Crippen molar-refractivity contribution in [2.24, 2.45) is 0 Å². The first-order chi connectivity index (χ1) is 9.28. The summed E-state index contributed by atoms with van der Waals surface area (Å²) in [5, 5.41) is 0. The summed E-state index contributed by atoms with van der Waals surface area (Å²) in [6, 6.07) is 4.79. The monoisotopic (exact) mass is 260 g/mol. The molecule has 3 heterocycles. The van der Waals surface area contributed by atoms with Crippen molar-refractivity contribution in [1.82, 2.24) is 9.88 Å². The molecule has 0 aromatic carbocycles. The van der Waals surface area contributed by atoms with Crippen LogP contribution in [0.3, 0.4) is 0 Å². The molecule has 2 fully saturated rings. The number of piperazine rings is 1. The van der Waals surface area contributed by atoms with E-state index in [9.17, 15) is 0 Å². The van der Waals surface area contributed by atoms with E-state index in [0.29, 0.717) is 17.9 Å². The maximum Gasteiger partial charge on any atom is 0.123 e. The molecule has 0 bridgehead atoms. The fraction of sp³-hybridized carbons (Fsp3) is 0.500. The van der Waals surface area contributed by atoms with Crippen LogP contribution in [0.1, 0.15) is 0 Å². The highest BCUT2D eigenvalue weighted by molar-refractivity contribution is 5.50. The molecular formula is C14H20N4O. The largest absolute Gasteiger partial charge is 0.384 e. The molecule has 0 amide bonds. The van der Waals surface area contributed by atoms with E-state index >= 15 is 0 Å². The number of anilines is 2. The Kier molecular flexibility index (Phi) is 3.40. The molecule has 0 spiro atoms. The normalized spacial score (nSPS) is 25.1. The number of hydrogen-bond donors (Lipinski definition) is 1. The zero-order valence-corrected chi connectivity index (χ0v) is 11.0. The van der Waals surface area contributed by atoms with Gasteiger partial charge in [-0.05, 0) is 12.1 Å². The van der Waals surface area contributed by atoms with Crippen LogP contribution in [0.15, 0.2) is 31.0 Å². The van der Waals surface area contributed by atoms with Gasteiger partial charge in [0.25, 0.3) is 0 Å². The van der Waals surface area contributed by atoms with E-state index in [0.717, 1.165) is 38.5 Å². The molecule has 0 radical (unpaired) electrons. The molecule has 2 saturated heterocycles. The second-order valence-electron chi connectivity index (χ2n) is 5.12. The van der Waals surface area contributed by atoms with Gasteiger partial charge in [0.2, 0.25) is 0 Å². The Morgan fingerprint density at radius 2 is 2.21 bits per heavy atom. The van der Waals surface area contributed by atoms with Crippen LogP contribution in [0.5, 0.6) is 0 Å². The average Bonchev–Trinajstić information content (AvgIpc) is 2.38. The summed E-state index contributed by atoms with van der Waals surface area (Å²) in [4.78, 5) is 9.01. The van der Waals surface area contributed by atoms with Crippen LogP contribution in [0.2, 0.25) is 0 Å². The molecule has 0 unspecified atom stereocenters. The number of nitrogen functional groups attached to an aromatic ring is 1. The molecule has 1 atom stereocenters. The van der Waals surface area contributed by atoms with E-state index in [4.69, 9.17) is 10.5 Å². The van der Waals surface area contributed by atoms with Gasteiger partial charge < -0.3 is 15.4 Å². The van der Waals surface area contributed by atoms with E-state index in [2.05, 4.69) is 21.4 Å². The van der Waals surface area contributed by atoms with E-state index in [1.807, 2.05) is 24.4 Å². The third-order valence-corrected chi connectivity index (χ3v) is 3.96. The van der Waals surface area contributed by atoms with Crippen molar-refractivity contribution in [2.45, 2.75) is 12.1 Å². The van der Waals surface area contributed by atoms with Crippen LogP contribution in [0.4, 0.5) is 11.5 Å². The number of nitrogens with two attached hydrogens (primary N) is 1. The van der Waals surface area contributed by atoms with Gasteiger partial charge in [-0.25, -0.2) is 4.98 Å². The van der Waals surface area contributed by atoms with Crippen LogP contribution in [-0.2, 0) is 4.74 Å². The molecule has 1 aromatic rings. The molecule has 102 valence electrons. The first-order valence-corrected chi connectivity index (χ1v) is 6.70. The summed E-state index contributed by atoms with van der Waals surface area (Å²) in [5.41, 5.74) is 6.75.